The SMILES string of the molecule is CC(C)C(CNS(=O)(=O)C(C)C)N1CCCC1. The highest BCUT2D eigenvalue weighted by Crippen LogP contribution is 2.17. The van der Waals surface area contributed by atoms with Gasteiger partial charge in [0.15, 0.2) is 0 Å². The quantitative estimate of drug-likeness (QED) is 0.788. The van der Waals surface area contributed by atoms with E-state index in [-0.39, 0.29) is 5.25 Å². The summed E-state index contributed by atoms with van der Waals surface area (Å²) in [6, 6.07) is 0.325. The van der Waals surface area contributed by atoms with Crippen molar-refractivity contribution >= 4 is 10.0 Å². The van der Waals surface area contributed by atoms with Crippen LogP contribution in [0, 0.1) is 5.92 Å². The topological polar surface area (TPSA) is 49.4 Å². The second-order valence-corrected chi connectivity index (χ2v) is 7.82. The van der Waals surface area contributed by atoms with E-state index >= 15 is 0 Å². The maximum Gasteiger partial charge on any atom is 0.213 e. The van der Waals surface area contributed by atoms with E-state index in [1.165, 1.54) is 12.8 Å². The van der Waals surface area contributed by atoms with E-state index in [0.29, 0.717) is 18.5 Å². The van der Waals surface area contributed by atoms with E-state index < -0.39 is 10.0 Å². The summed E-state index contributed by atoms with van der Waals surface area (Å²) in [5.74, 6) is 0.475. The van der Waals surface area contributed by atoms with Crippen molar-refractivity contribution in [3.63, 3.8) is 0 Å². The molecule has 0 amide bonds. The van der Waals surface area contributed by atoms with Crippen molar-refractivity contribution in [2.24, 2.45) is 5.92 Å². The van der Waals surface area contributed by atoms with Gasteiger partial charge in [-0.15, -0.1) is 0 Å². The fraction of sp³-hybridized carbons (Fsp3) is 1.00. The zero-order valence-electron chi connectivity index (χ0n) is 11.4. The molecular weight excluding hydrogens is 236 g/mol. The van der Waals surface area contributed by atoms with E-state index in [0.717, 1.165) is 13.1 Å². The highest BCUT2D eigenvalue weighted by molar-refractivity contribution is 7.90. The van der Waals surface area contributed by atoms with Crippen LogP contribution in [0.4, 0.5) is 0 Å². The molecule has 1 aliphatic rings. The third-order valence-electron chi connectivity index (χ3n) is 3.49. The molecule has 0 aromatic carbocycles. The standard InChI is InChI=1S/C12H26N2O2S/c1-10(2)12(14-7-5-6-8-14)9-13-17(15,16)11(3)4/h10-13H,5-9H2,1-4H3. The second-order valence-electron chi connectivity index (χ2n) is 5.50. The molecule has 1 heterocycles. The van der Waals surface area contributed by atoms with Gasteiger partial charge in [0, 0.05) is 12.6 Å². The summed E-state index contributed by atoms with van der Waals surface area (Å²) in [5, 5.41) is -0.353. The lowest BCUT2D eigenvalue weighted by molar-refractivity contribution is 0.193. The lowest BCUT2D eigenvalue weighted by Gasteiger charge is -2.31. The van der Waals surface area contributed by atoms with E-state index in [1.807, 2.05) is 0 Å². The highest BCUT2D eigenvalue weighted by atomic mass is 32.2. The van der Waals surface area contributed by atoms with E-state index in [4.69, 9.17) is 0 Å². The van der Waals surface area contributed by atoms with Gasteiger partial charge in [-0.2, -0.15) is 0 Å². The number of hydrogen-bond acceptors (Lipinski definition) is 3. The first kappa shape index (κ1) is 14.9. The van der Waals surface area contributed by atoms with Gasteiger partial charge in [-0.25, -0.2) is 13.1 Å². The average molecular weight is 262 g/mol. The molecule has 0 aromatic rings. The largest absolute Gasteiger partial charge is 0.299 e. The Labute approximate surface area is 106 Å². The zero-order valence-corrected chi connectivity index (χ0v) is 12.3. The summed E-state index contributed by atoms with van der Waals surface area (Å²) in [7, 11) is -3.13. The summed E-state index contributed by atoms with van der Waals surface area (Å²) in [4.78, 5) is 2.41. The molecule has 0 spiro atoms. The van der Waals surface area contributed by atoms with Gasteiger partial charge in [0.05, 0.1) is 5.25 Å². The van der Waals surface area contributed by atoms with Gasteiger partial charge in [-0.1, -0.05) is 13.8 Å². The van der Waals surface area contributed by atoms with E-state index in [2.05, 4.69) is 23.5 Å². The van der Waals surface area contributed by atoms with Crippen molar-refractivity contribution in [3.05, 3.63) is 0 Å². The van der Waals surface area contributed by atoms with Gasteiger partial charge in [-0.05, 0) is 45.7 Å². The first-order chi connectivity index (χ1) is 7.84. The van der Waals surface area contributed by atoms with Gasteiger partial charge in [-0.3, -0.25) is 4.90 Å². The number of nitrogens with zero attached hydrogens (tertiary/aromatic N) is 1. The molecule has 102 valence electrons. The first-order valence-electron chi connectivity index (χ1n) is 6.57. The second kappa shape index (κ2) is 6.16. The van der Waals surface area contributed by atoms with Crippen LogP contribution in [0.2, 0.25) is 0 Å². The Balaban J connectivity index is 2.56. The first-order valence-corrected chi connectivity index (χ1v) is 8.11. The minimum absolute atomic E-state index is 0.325. The molecule has 1 rings (SSSR count). The fourth-order valence-corrected chi connectivity index (χ4v) is 2.96. The minimum Gasteiger partial charge on any atom is -0.299 e. The molecule has 0 aromatic heterocycles. The molecule has 0 bridgehead atoms. The van der Waals surface area contributed by atoms with Crippen LogP contribution in [0.1, 0.15) is 40.5 Å². The minimum atomic E-state index is -3.13. The fourth-order valence-electron chi connectivity index (χ4n) is 2.23. The molecule has 0 radical (unpaired) electrons. The maximum atomic E-state index is 11.7. The molecule has 1 fully saturated rings. The summed E-state index contributed by atoms with van der Waals surface area (Å²) >= 11 is 0. The molecule has 17 heavy (non-hydrogen) atoms. The summed E-state index contributed by atoms with van der Waals surface area (Å²) in [5.41, 5.74) is 0. The molecule has 1 unspecified atom stereocenters. The summed E-state index contributed by atoms with van der Waals surface area (Å²) < 4.78 is 26.2. The van der Waals surface area contributed by atoms with Gasteiger partial charge < -0.3 is 0 Å². The van der Waals surface area contributed by atoms with Gasteiger partial charge >= 0.3 is 0 Å². The van der Waals surface area contributed by atoms with Crippen molar-refractivity contribution < 1.29 is 8.42 Å². The predicted molar refractivity (Wildman–Crippen MR) is 71.5 cm³/mol. The summed E-state index contributed by atoms with van der Waals surface area (Å²) in [6.07, 6.45) is 2.47. The van der Waals surface area contributed by atoms with Gasteiger partial charge in [0.1, 0.15) is 0 Å². The van der Waals surface area contributed by atoms with Crippen molar-refractivity contribution in [1.82, 2.24) is 9.62 Å². The molecule has 4 nitrogen and oxygen atoms in total. The Morgan fingerprint density at radius 2 is 1.65 bits per heavy atom. The lowest BCUT2D eigenvalue weighted by Crippen LogP contribution is -2.46. The van der Waals surface area contributed by atoms with Crippen LogP contribution >= 0.6 is 0 Å². The Bertz CT molecular complexity index is 319. The average Bonchev–Trinajstić information content (AvgIpc) is 2.70. The van der Waals surface area contributed by atoms with Crippen LogP contribution in [0.25, 0.3) is 0 Å². The van der Waals surface area contributed by atoms with Crippen molar-refractivity contribution in [1.29, 1.82) is 0 Å². The summed E-state index contributed by atoms with van der Waals surface area (Å²) in [6.45, 7) is 10.5. The van der Waals surface area contributed by atoms with Crippen LogP contribution in [-0.4, -0.2) is 44.2 Å². The smallest absolute Gasteiger partial charge is 0.213 e. The van der Waals surface area contributed by atoms with Gasteiger partial charge in [0.25, 0.3) is 0 Å². The van der Waals surface area contributed by atoms with E-state index in [9.17, 15) is 8.42 Å². The lowest BCUT2D eigenvalue weighted by atomic mass is 10.0. The Morgan fingerprint density at radius 1 is 1.12 bits per heavy atom. The van der Waals surface area contributed by atoms with Crippen LogP contribution in [0.5, 0.6) is 0 Å². The molecule has 0 aliphatic carbocycles. The number of likely N-dealkylation sites (tertiary alicyclic amines) is 1. The van der Waals surface area contributed by atoms with Crippen molar-refractivity contribution in [3.8, 4) is 0 Å². The Morgan fingerprint density at radius 3 is 2.06 bits per heavy atom. The van der Waals surface area contributed by atoms with Crippen LogP contribution in [0.15, 0.2) is 0 Å². The van der Waals surface area contributed by atoms with Crippen LogP contribution < -0.4 is 4.72 Å². The molecule has 1 saturated heterocycles. The number of rotatable bonds is 6. The Kier molecular flexibility index (Phi) is 5.41. The molecular formula is C12H26N2O2S. The number of nitrogens with one attached hydrogen (secondary N) is 1. The predicted octanol–water partition coefficient (Wildman–Crippen LogP) is 1.43. The normalized spacial score (nSPS) is 20.4. The highest BCUT2D eigenvalue weighted by Gasteiger charge is 2.26. The van der Waals surface area contributed by atoms with Gasteiger partial charge in [0.2, 0.25) is 10.0 Å². The third-order valence-corrected chi connectivity index (χ3v) is 5.30. The maximum absolute atomic E-state index is 11.7. The van der Waals surface area contributed by atoms with Crippen LogP contribution in [0.3, 0.4) is 0 Å². The Hall–Kier alpha value is -0.130. The van der Waals surface area contributed by atoms with Crippen molar-refractivity contribution in [2.45, 2.75) is 51.8 Å². The van der Waals surface area contributed by atoms with Crippen LogP contribution in [-0.2, 0) is 10.0 Å². The molecule has 0 saturated carbocycles. The number of hydrogen-bond donors (Lipinski definition) is 1. The van der Waals surface area contributed by atoms with Crippen molar-refractivity contribution in [2.75, 3.05) is 19.6 Å². The molecule has 1 N–H and O–H groups in total. The molecule has 1 aliphatic heterocycles. The zero-order chi connectivity index (χ0) is 13.1. The molecule has 1 atom stereocenters. The number of sulfonamides is 1. The molecule has 5 heteroatoms. The third kappa shape index (κ3) is 4.23. The monoisotopic (exact) mass is 262 g/mol. The van der Waals surface area contributed by atoms with E-state index in [1.54, 1.807) is 13.8 Å².